The van der Waals surface area contributed by atoms with Gasteiger partial charge < -0.3 is 13.6 Å². The van der Waals surface area contributed by atoms with Gasteiger partial charge in [-0.1, -0.05) is 143 Å². The lowest BCUT2D eigenvalue weighted by Gasteiger charge is -2.43. The molecule has 6 heteroatoms. The van der Waals surface area contributed by atoms with Gasteiger partial charge in [0.2, 0.25) is 0 Å². The Morgan fingerprint density at radius 1 is 0.732 bits per heavy atom. The van der Waals surface area contributed by atoms with Crippen LogP contribution in [-0.2, 0) is 18.4 Å². The predicted octanol–water partition coefficient (Wildman–Crippen LogP) is 13.0. The third-order valence-corrected chi connectivity index (χ3v) is 21.5. The Hall–Kier alpha value is -3.04. The van der Waals surface area contributed by atoms with Crippen LogP contribution >= 0.6 is 0 Å². The molecule has 2 aromatic carbocycles. The minimum absolute atomic E-state index is 0.0140. The van der Waals surface area contributed by atoms with E-state index < -0.39 is 16.6 Å². The van der Waals surface area contributed by atoms with E-state index in [1.165, 1.54) is 32.7 Å². The van der Waals surface area contributed by atoms with Crippen LogP contribution in [0.5, 0.6) is 0 Å². The van der Waals surface area contributed by atoms with Crippen LogP contribution in [0.2, 0.25) is 23.2 Å². The largest absolute Gasteiger partial charge is 0.501 e. The molecule has 1 aliphatic carbocycles. The van der Waals surface area contributed by atoms with Crippen molar-refractivity contribution in [2.24, 2.45) is 5.92 Å². The minimum Gasteiger partial charge on any atom is -0.501 e. The van der Waals surface area contributed by atoms with Crippen molar-refractivity contribution in [3.05, 3.63) is 119 Å². The number of rotatable bonds is 20. The normalized spacial score (nSPS) is 16.7. The van der Waals surface area contributed by atoms with Gasteiger partial charge in [-0.05, 0) is 118 Å². The zero-order valence-corrected chi connectivity index (χ0v) is 39.6. The second kappa shape index (κ2) is 21.6. The summed E-state index contributed by atoms with van der Waals surface area (Å²) in [6.45, 7) is 28.4. The maximum atomic E-state index is 13.8. The Morgan fingerprint density at radius 2 is 1.30 bits per heavy atom. The summed E-state index contributed by atoms with van der Waals surface area (Å²) in [6.07, 6.45) is 17.2. The first-order valence-corrected chi connectivity index (χ1v) is 26.0. The molecule has 3 rings (SSSR count). The number of ketones is 1. The van der Waals surface area contributed by atoms with Crippen LogP contribution in [0.3, 0.4) is 0 Å². The average molecular weight is 797 g/mol. The third kappa shape index (κ3) is 13.5. The fourth-order valence-electron chi connectivity index (χ4n) is 7.41. The number of ether oxygens (including phenoxy) is 1. The lowest BCUT2D eigenvalue weighted by Crippen LogP contribution is -2.66. The Morgan fingerprint density at radius 3 is 1.84 bits per heavy atom. The highest BCUT2D eigenvalue weighted by Crippen LogP contribution is 2.38. The molecule has 0 bridgehead atoms. The van der Waals surface area contributed by atoms with E-state index in [2.05, 4.69) is 167 Å². The number of carbonyl (C=O) groups is 1. The molecule has 0 saturated heterocycles. The van der Waals surface area contributed by atoms with Crippen LogP contribution in [-0.4, -0.2) is 42.7 Å². The maximum absolute atomic E-state index is 13.8. The van der Waals surface area contributed by atoms with Crippen molar-refractivity contribution in [2.75, 3.05) is 20.3 Å². The van der Waals surface area contributed by atoms with Crippen LogP contribution in [0.15, 0.2) is 119 Å². The van der Waals surface area contributed by atoms with E-state index in [1.807, 2.05) is 0 Å². The smallest absolute Gasteiger partial charge is 0.261 e. The molecule has 308 valence electrons. The molecule has 0 spiro atoms. The van der Waals surface area contributed by atoms with Crippen molar-refractivity contribution in [3.8, 4) is 0 Å². The number of benzene rings is 2. The second-order valence-electron chi connectivity index (χ2n) is 18.8. The summed E-state index contributed by atoms with van der Waals surface area (Å²) < 4.78 is 19.5. The van der Waals surface area contributed by atoms with Gasteiger partial charge in [0.1, 0.15) is 5.76 Å². The van der Waals surface area contributed by atoms with Crippen molar-refractivity contribution >= 4 is 32.8 Å². The predicted molar refractivity (Wildman–Crippen MR) is 246 cm³/mol. The van der Waals surface area contributed by atoms with Gasteiger partial charge in [0.05, 0.1) is 20.3 Å². The molecule has 0 N–H and O–H groups in total. The zero-order chi connectivity index (χ0) is 41.6. The Labute approximate surface area is 344 Å². The van der Waals surface area contributed by atoms with Crippen molar-refractivity contribution in [3.63, 3.8) is 0 Å². The van der Waals surface area contributed by atoms with E-state index in [0.717, 1.165) is 69.1 Å². The molecule has 1 atom stereocenters. The summed E-state index contributed by atoms with van der Waals surface area (Å²) in [7, 11) is -2.72. The molecule has 4 nitrogen and oxygen atoms in total. The summed E-state index contributed by atoms with van der Waals surface area (Å²) in [5.41, 5.74) is 6.21. The summed E-state index contributed by atoms with van der Waals surface area (Å²) >= 11 is 0. The van der Waals surface area contributed by atoms with Gasteiger partial charge in [-0.15, -0.1) is 0 Å². The SMILES string of the molecule is COC1=C(CC/C(C)=C/CO[Si](C)(C)C(C)(C)C)C(=O)C(C/C=C(\C)CC/C=C(/CCC=C(C)C)CO[Si](c2ccccc2)(c2ccccc2)C(C)(C)C)CC1. The van der Waals surface area contributed by atoms with Gasteiger partial charge in [-0.2, -0.15) is 0 Å². The topological polar surface area (TPSA) is 44.8 Å². The average Bonchev–Trinajstić information content (AvgIpc) is 3.13. The summed E-state index contributed by atoms with van der Waals surface area (Å²) in [4.78, 5) is 13.8. The van der Waals surface area contributed by atoms with Crippen molar-refractivity contribution in [1.29, 1.82) is 0 Å². The Bertz CT molecular complexity index is 1650. The van der Waals surface area contributed by atoms with E-state index in [4.69, 9.17) is 13.6 Å². The van der Waals surface area contributed by atoms with Crippen LogP contribution < -0.4 is 10.4 Å². The first-order valence-electron chi connectivity index (χ1n) is 21.1. The zero-order valence-electron chi connectivity index (χ0n) is 37.6. The molecule has 56 heavy (non-hydrogen) atoms. The standard InChI is InChI=1S/C50H76O4Si2/c1-39(2)22-20-24-42(38-54-56(50(8,9)10,44-26-16-14-17-27-44)45-28-18-15-19-29-45)25-21-23-40(3)30-32-43-33-35-47(52-11)46(48(43)51)34-31-41(4)36-37-53-55(12,13)49(5,6)7/h14-19,22,25-30,36,43H,20-21,23-24,31-35,37-38H2,1-13H3/b40-30+,41-36+,42-25-. The van der Waals surface area contributed by atoms with Gasteiger partial charge in [0.25, 0.3) is 8.32 Å². The molecule has 0 amide bonds. The lowest BCUT2D eigenvalue weighted by atomic mass is 9.81. The molecule has 0 aliphatic heterocycles. The van der Waals surface area contributed by atoms with Crippen molar-refractivity contribution < 1.29 is 18.4 Å². The van der Waals surface area contributed by atoms with E-state index in [0.29, 0.717) is 13.2 Å². The molecular weight excluding hydrogens is 721 g/mol. The fraction of sp³-hybridized carbons (Fsp3) is 0.540. The molecule has 0 fully saturated rings. The van der Waals surface area contributed by atoms with E-state index in [9.17, 15) is 4.79 Å². The van der Waals surface area contributed by atoms with Crippen molar-refractivity contribution in [2.45, 2.75) is 150 Å². The molecule has 2 aromatic rings. The Balaban J connectivity index is 1.70. The highest BCUT2D eigenvalue weighted by Gasteiger charge is 2.50. The number of hydrogen-bond donors (Lipinski definition) is 0. The van der Waals surface area contributed by atoms with Crippen molar-refractivity contribution in [1.82, 2.24) is 0 Å². The number of methoxy groups -OCH3 is 1. The summed E-state index contributed by atoms with van der Waals surface area (Å²) in [5.74, 6) is 1.16. The molecule has 0 aromatic heterocycles. The highest BCUT2D eigenvalue weighted by molar-refractivity contribution is 6.99. The van der Waals surface area contributed by atoms with Crippen LogP contribution in [0.25, 0.3) is 0 Å². The van der Waals surface area contributed by atoms with Crippen LogP contribution in [0, 0.1) is 5.92 Å². The quantitative estimate of drug-likeness (QED) is 0.0989. The molecule has 1 unspecified atom stereocenters. The fourth-order valence-corrected chi connectivity index (χ4v) is 12.9. The first kappa shape index (κ1) is 47.3. The molecule has 1 aliphatic rings. The highest BCUT2D eigenvalue weighted by atomic mass is 28.4. The van der Waals surface area contributed by atoms with Crippen LogP contribution in [0.4, 0.5) is 0 Å². The number of hydrogen-bond acceptors (Lipinski definition) is 4. The number of carbonyl (C=O) groups excluding carboxylic acids is 1. The molecule has 0 radical (unpaired) electrons. The minimum atomic E-state index is -2.64. The summed E-state index contributed by atoms with van der Waals surface area (Å²) in [5, 5.41) is 2.75. The molecule has 0 saturated carbocycles. The third-order valence-electron chi connectivity index (χ3n) is 12.1. The van der Waals surface area contributed by atoms with Gasteiger partial charge in [0.15, 0.2) is 14.1 Å². The van der Waals surface area contributed by atoms with E-state index >= 15 is 0 Å². The van der Waals surface area contributed by atoms with Gasteiger partial charge in [0, 0.05) is 17.9 Å². The second-order valence-corrected chi connectivity index (χ2v) is 27.9. The molecule has 0 heterocycles. The number of allylic oxidation sites excluding steroid dienone is 8. The molecular formula is C50H76O4Si2. The van der Waals surface area contributed by atoms with Gasteiger partial charge in [-0.3, -0.25) is 4.79 Å². The van der Waals surface area contributed by atoms with Crippen LogP contribution in [0.1, 0.15) is 127 Å². The van der Waals surface area contributed by atoms with Gasteiger partial charge in [-0.25, -0.2) is 0 Å². The maximum Gasteiger partial charge on any atom is 0.261 e. The first-order chi connectivity index (χ1) is 26.3. The monoisotopic (exact) mass is 797 g/mol. The number of Topliss-reactive ketones (excluding diaryl/α,β-unsaturated/α-hetero) is 1. The van der Waals surface area contributed by atoms with Gasteiger partial charge >= 0.3 is 0 Å². The Kier molecular flexibility index (Phi) is 18.3. The lowest BCUT2D eigenvalue weighted by molar-refractivity contribution is -0.120. The van der Waals surface area contributed by atoms with E-state index in [-0.39, 0.29) is 21.8 Å². The van der Waals surface area contributed by atoms with E-state index in [1.54, 1.807) is 7.11 Å². The summed E-state index contributed by atoms with van der Waals surface area (Å²) in [6, 6.07) is 21.9.